The third-order valence-electron chi connectivity index (χ3n) is 4.28. The Kier molecular flexibility index (Phi) is 6.48. The lowest BCUT2D eigenvalue weighted by atomic mass is 10.1. The molecular formula is C20H21F3N6. The van der Waals surface area contributed by atoms with Gasteiger partial charge >= 0.3 is 6.18 Å². The first-order valence-electron chi connectivity index (χ1n) is 9.02. The number of guanidine groups is 1. The van der Waals surface area contributed by atoms with Crippen LogP contribution in [0.1, 0.15) is 17.0 Å². The van der Waals surface area contributed by atoms with Crippen molar-refractivity contribution in [3.05, 3.63) is 77.9 Å². The summed E-state index contributed by atoms with van der Waals surface area (Å²) in [4.78, 5) is 4.16. The normalized spacial score (nSPS) is 12.1. The van der Waals surface area contributed by atoms with Crippen molar-refractivity contribution in [2.75, 3.05) is 13.6 Å². The number of nitrogens with one attached hydrogen (secondary N) is 2. The highest BCUT2D eigenvalue weighted by molar-refractivity contribution is 5.79. The zero-order valence-corrected chi connectivity index (χ0v) is 15.8. The fourth-order valence-electron chi connectivity index (χ4n) is 2.75. The highest BCUT2D eigenvalue weighted by Crippen LogP contribution is 2.29. The fraction of sp³-hybridized carbons (Fsp3) is 0.250. The molecular weight excluding hydrogens is 381 g/mol. The van der Waals surface area contributed by atoms with Crippen molar-refractivity contribution < 1.29 is 13.2 Å². The third kappa shape index (κ3) is 5.56. The number of halogens is 3. The SMILES string of the molecule is CN=C(NCCc1ccc(C(F)(F)F)cc1)NCc1nncn1-c1ccccc1. The van der Waals surface area contributed by atoms with E-state index in [0.29, 0.717) is 25.5 Å². The van der Waals surface area contributed by atoms with E-state index in [1.54, 1.807) is 13.4 Å². The molecule has 2 aromatic carbocycles. The van der Waals surface area contributed by atoms with E-state index in [1.165, 1.54) is 12.1 Å². The summed E-state index contributed by atoms with van der Waals surface area (Å²) < 4.78 is 39.7. The average molecular weight is 402 g/mol. The molecule has 0 spiro atoms. The van der Waals surface area contributed by atoms with E-state index in [1.807, 2.05) is 34.9 Å². The molecule has 1 aromatic heterocycles. The van der Waals surface area contributed by atoms with Crippen LogP contribution in [-0.4, -0.2) is 34.3 Å². The summed E-state index contributed by atoms with van der Waals surface area (Å²) in [7, 11) is 1.65. The van der Waals surface area contributed by atoms with Crippen molar-refractivity contribution in [1.29, 1.82) is 0 Å². The molecule has 0 amide bonds. The molecule has 29 heavy (non-hydrogen) atoms. The maximum absolute atomic E-state index is 12.6. The average Bonchev–Trinajstić information content (AvgIpc) is 3.19. The van der Waals surface area contributed by atoms with Crippen LogP contribution in [0.25, 0.3) is 5.69 Å². The summed E-state index contributed by atoms with van der Waals surface area (Å²) in [6, 6.07) is 14.9. The molecule has 0 radical (unpaired) electrons. The van der Waals surface area contributed by atoms with Gasteiger partial charge in [-0.3, -0.25) is 9.56 Å². The molecule has 2 N–H and O–H groups in total. The monoisotopic (exact) mass is 402 g/mol. The minimum absolute atomic E-state index is 0.412. The van der Waals surface area contributed by atoms with E-state index in [4.69, 9.17) is 0 Å². The molecule has 0 aliphatic heterocycles. The molecule has 0 saturated carbocycles. The smallest absolute Gasteiger partial charge is 0.356 e. The number of hydrogen-bond acceptors (Lipinski definition) is 3. The van der Waals surface area contributed by atoms with Crippen molar-refractivity contribution in [2.24, 2.45) is 4.99 Å². The highest BCUT2D eigenvalue weighted by atomic mass is 19.4. The Balaban J connectivity index is 1.50. The summed E-state index contributed by atoms with van der Waals surface area (Å²) in [5.74, 6) is 1.29. The van der Waals surface area contributed by atoms with Gasteiger partial charge in [-0.25, -0.2) is 0 Å². The van der Waals surface area contributed by atoms with Gasteiger partial charge in [0.05, 0.1) is 12.1 Å². The van der Waals surface area contributed by atoms with Crippen LogP contribution in [0, 0.1) is 0 Å². The lowest BCUT2D eigenvalue weighted by Gasteiger charge is -2.13. The van der Waals surface area contributed by atoms with E-state index in [0.717, 1.165) is 29.2 Å². The molecule has 0 aliphatic rings. The molecule has 0 bridgehead atoms. The van der Waals surface area contributed by atoms with E-state index < -0.39 is 11.7 Å². The lowest BCUT2D eigenvalue weighted by molar-refractivity contribution is -0.137. The van der Waals surface area contributed by atoms with E-state index in [9.17, 15) is 13.2 Å². The maximum atomic E-state index is 12.6. The molecule has 0 atom stereocenters. The van der Waals surface area contributed by atoms with Gasteiger partial charge in [0, 0.05) is 19.3 Å². The molecule has 152 valence electrons. The van der Waals surface area contributed by atoms with Crippen LogP contribution in [0.5, 0.6) is 0 Å². The van der Waals surface area contributed by atoms with Crippen molar-refractivity contribution in [3.8, 4) is 5.69 Å². The van der Waals surface area contributed by atoms with Crippen LogP contribution in [0.4, 0.5) is 13.2 Å². The molecule has 0 unspecified atom stereocenters. The van der Waals surface area contributed by atoms with Crippen LogP contribution in [0.2, 0.25) is 0 Å². The van der Waals surface area contributed by atoms with Gasteiger partial charge in [0.25, 0.3) is 0 Å². The van der Waals surface area contributed by atoms with Crippen LogP contribution in [0.3, 0.4) is 0 Å². The first kappa shape index (κ1) is 20.4. The molecule has 0 fully saturated rings. The van der Waals surface area contributed by atoms with E-state index >= 15 is 0 Å². The maximum Gasteiger partial charge on any atom is 0.416 e. The number of rotatable bonds is 6. The van der Waals surface area contributed by atoms with Gasteiger partial charge < -0.3 is 10.6 Å². The van der Waals surface area contributed by atoms with Gasteiger partial charge in [-0.15, -0.1) is 10.2 Å². The fourth-order valence-corrected chi connectivity index (χ4v) is 2.75. The standard InChI is InChI=1S/C20H21F3N6/c1-24-19(25-12-11-15-7-9-16(10-8-15)20(21,22)23)26-13-18-28-27-14-29(18)17-5-3-2-4-6-17/h2-10,14H,11-13H2,1H3,(H2,24,25,26). The Morgan fingerprint density at radius 3 is 2.41 bits per heavy atom. The van der Waals surface area contributed by atoms with Gasteiger partial charge in [0.2, 0.25) is 0 Å². The van der Waals surface area contributed by atoms with Crippen molar-refractivity contribution in [3.63, 3.8) is 0 Å². The third-order valence-corrected chi connectivity index (χ3v) is 4.28. The first-order valence-corrected chi connectivity index (χ1v) is 9.02. The number of aromatic nitrogens is 3. The second kappa shape index (κ2) is 9.22. The van der Waals surface area contributed by atoms with Crippen molar-refractivity contribution in [1.82, 2.24) is 25.4 Å². The molecule has 6 nitrogen and oxygen atoms in total. The molecule has 1 heterocycles. The summed E-state index contributed by atoms with van der Waals surface area (Å²) in [5, 5.41) is 14.4. The summed E-state index contributed by atoms with van der Waals surface area (Å²) in [6.07, 6.45) is -2.10. The number of aliphatic imine (C=N–C) groups is 1. The minimum Gasteiger partial charge on any atom is -0.356 e. The second-order valence-electron chi connectivity index (χ2n) is 6.25. The Morgan fingerprint density at radius 2 is 1.76 bits per heavy atom. The Bertz CT molecular complexity index is 933. The van der Waals surface area contributed by atoms with Gasteiger partial charge in [0.15, 0.2) is 11.8 Å². The summed E-state index contributed by atoms with van der Waals surface area (Å²) in [6.45, 7) is 0.936. The second-order valence-corrected chi connectivity index (χ2v) is 6.25. The zero-order chi connectivity index (χ0) is 20.7. The van der Waals surface area contributed by atoms with Gasteiger partial charge in [-0.2, -0.15) is 13.2 Å². The molecule has 3 rings (SSSR count). The quantitative estimate of drug-likeness (QED) is 0.491. The number of alkyl halides is 3. The van der Waals surface area contributed by atoms with E-state index in [2.05, 4.69) is 25.8 Å². The molecule has 0 saturated heterocycles. The number of para-hydroxylation sites is 1. The predicted octanol–water partition coefficient (Wildman–Crippen LogP) is 3.19. The molecule has 3 aromatic rings. The van der Waals surface area contributed by atoms with Gasteiger partial charge in [-0.05, 0) is 36.2 Å². The minimum atomic E-state index is -4.32. The Labute approximate surface area is 166 Å². The van der Waals surface area contributed by atoms with Crippen LogP contribution in [0.15, 0.2) is 65.9 Å². The molecule has 0 aliphatic carbocycles. The number of hydrogen-bond donors (Lipinski definition) is 2. The van der Waals surface area contributed by atoms with E-state index in [-0.39, 0.29) is 0 Å². The summed E-state index contributed by atoms with van der Waals surface area (Å²) >= 11 is 0. The van der Waals surface area contributed by atoms with Crippen LogP contribution in [-0.2, 0) is 19.1 Å². The summed E-state index contributed by atoms with van der Waals surface area (Å²) in [5.41, 5.74) is 1.12. The van der Waals surface area contributed by atoms with Crippen molar-refractivity contribution >= 4 is 5.96 Å². The van der Waals surface area contributed by atoms with Crippen molar-refractivity contribution in [2.45, 2.75) is 19.1 Å². The van der Waals surface area contributed by atoms with Crippen LogP contribution < -0.4 is 10.6 Å². The zero-order valence-electron chi connectivity index (χ0n) is 15.8. The number of nitrogens with zero attached hydrogens (tertiary/aromatic N) is 4. The molecule has 9 heteroatoms. The topological polar surface area (TPSA) is 67.1 Å². The Hall–Kier alpha value is -3.36. The van der Waals surface area contributed by atoms with Gasteiger partial charge in [-0.1, -0.05) is 30.3 Å². The largest absolute Gasteiger partial charge is 0.416 e. The predicted molar refractivity (Wildman–Crippen MR) is 105 cm³/mol. The van der Waals surface area contributed by atoms with Gasteiger partial charge in [0.1, 0.15) is 6.33 Å². The van der Waals surface area contributed by atoms with Crippen LogP contribution >= 0.6 is 0 Å². The highest BCUT2D eigenvalue weighted by Gasteiger charge is 2.29. The first-order chi connectivity index (χ1) is 14.0. The number of benzene rings is 2. The lowest BCUT2D eigenvalue weighted by Crippen LogP contribution is -2.38. The Morgan fingerprint density at radius 1 is 1.03 bits per heavy atom.